The Labute approximate surface area is 253 Å². The van der Waals surface area contributed by atoms with Gasteiger partial charge in [-0.2, -0.15) is 0 Å². The lowest BCUT2D eigenvalue weighted by Crippen LogP contribution is -2.69. The van der Waals surface area contributed by atoms with E-state index in [0.29, 0.717) is 30.6 Å². The third kappa shape index (κ3) is 4.28. The summed E-state index contributed by atoms with van der Waals surface area (Å²) in [5, 5.41) is 16.0. The molecule has 6 atom stereocenters. The average Bonchev–Trinajstić information content (AvgIpc) is 3.66. The van der Waals surface area contributed by atoms with Crippen molar-refractivity contribution in [1.29, 1.82) is 0 Å². The van der Waals surface area contributed by atoms with Crippen molar-refractivity contribution < 1.29 is 14.7 Å². The van der Waals surface area contributed by atoms with Crippen LogP contribution in [0.1, 0.15) is 68.1 Å². The molecule has 6 heteroatoms. The van der Waals surface area contributed by atoms with E-state index < -0.39 is 34.5 Å². The highest BCUT2D eigenvalue weighted by Crippen LogP contribution is 2.64. The van der Waals surface area contributed by atoms with E-state index in [1.54, 1.807) is 0 Å². The summed E-state index contributed by atoms with van der Waals surface area (Å²) in [4.78, 5) is 29.8. The quantitative estimate of drug-likeness (QED) is 0.338. The molecule has 9 rings (SSSR count). The maximum Gasteiger partial charge on any atom is 0.241 e. The Hall–Kier alpha value is -3.48. The standard InChI is InChI=1S/C37H41N3O3/c38-33(41)31-18-26-17-30(26)40(31)34(42)32(35-19-24-16-25(20-35)22-36(43,21-24)23-35)39-37(27-10-4-1-5-11-27,28-12-6-2-7-13-28)29-14-8-3-9-15-29/h1-15,24-26,30-32,39,43H,16-23H2,(H2,38,41)/t24?,25?,26-,30?,31?,32+,35?,36?/m0/s1. The average molecular weight is 576 g/mol. The topological polar surface area (TPSA) is 95.7 Å². The van der Waals surface area contributed by atoms with E-state index in [1.165, 1.54) is 0 Å². The summed E-state index contributed by atoms with van der Waals surface area (Å²) >= 11 is 0. The minimum Gasteiger partial charge on any atom is -0.390 e. The molecular weight excluding hydrogens is 534 g/mol. The number of nitrogens with one attached hydrogen (secondary N) is 1. The Balaban J connectivity index is 1.33. The number of likely N-dealkylation sites (tertiary alicyclic amines) is 1. The van der Waals surface area contributed by atoms with Crippen LogP contribution in [0.2, 0.25) is 0 Å². The summed E-state index contributed by atoms with van der Waals surface area (Å²) < 4.78 is 0. The fourth-order valence-electron chi connectivity index (χ4n) is 10.3. The molecule has 1 heterocycles. The second-order valence-corrected chi connectivity index (χ2v) is 14.4. The number of benzene rings is 3. The maximum atomic E-state index is 15.3. The molecule has 5 aliphatic carbocycles. The van der Waals surface area contributed by atoms with Crippen LogP contribution in [0.15, 0.2) is 91.0 Å². The van der Waals surface area contributed by atoms with Crippen molar-refractivity contribution >= 4 is 11.8 Å². The number of nitrogens with two attached hydrogens (primary N) is 1. The first kappa shape index (κ1) is 27.1. The van der Waals surface area contributed by atoms with Gasteiger partial charge < -0.3 is 15.7 Å². The molecule has 6 nitrogen and oxygen atoms in total. The van der Waals surface area contributed by atoms with Gasteiger partial charge in [0.15, 0.2) is 0 Å². The van der Waals surface area contributed by atoms with Crippen LogP contribution >= 0.6 is 0 Å². The van der Waals surface area contributed by atoms with Gasteiger partial charge in [0.1, 0.15) is 6.04 Å². The second-order valence-electron chi connectivity index (χ2n) is 14.4. The molecule has 222 valence electrons. The molecular formula is C37H41N3O3. The fraction of sp³-hybridized carbons (Fsp3) is 0.459. The summed E-state index contributed by atoms with van der Waals surface area (Å²) in [6.07, 6.45) is 6.79. The number of carbonyl (C=O) groups is 2. The highest BCUT2D eigenvalue weighted by Gasteiger charge is 2.65. The van der Waals surface area contributed by atoms with E-state index in [-0.39, 0.29) is 11.9 Å². The third-order valence-electron chi connectivity index (χ3n) is 11.6. The second kappa shape index (κ2) is 9.76. The highest BCUT2D eigenvalue weighted by molar-refractivity contribution is 5.91. The molecule has 5 saturated carbocycles. The summed E-state index contributed by atoms with van der Waals surface area (Å²) in [5.74, 6) is 0.726. The van der Waals surface area contributed by atoms with Crippen LogP contribution in [0.4, 0.5) is 0 Å². The number of aliphatic hydroxyl groups is 1. The van der Waals surface area contributed by atoms with Gasteiger partial charge in [-0.05, 0) is 91.2 Å². The molecule has 3 aromatic carbocycles. The van der Waals surface area contributed by atoms with Crippen LogP contribution < -0.4 is 11.1 Å². The Kier molecular flexibility index (Phi) is 6.15. The summed E-state index contributed by atoms with van der Waals surface area (Å²) in [6.45, 7) is 0. The Morgan fingerprint density at radius 2 is 1.30 bits per heavy atom. The zero-order valence-electron chi connectivity index (χ0n) is 24.6. The van der Waals surface area contributed by atoms with Gasteiger partial charge in [0.05, 0.1) is 17.2 Å². The molecule has 4 N–H and O–H groups in total. The van der Waals surface area contributed by atoms with Crippen LogP contribution in [0.3, 0.4) is 0 Å². The molecule has 1 saturated heterocycles. The van der Waals surface area contributed by atoms with Crippen molar-refractivity contribution in [2.45, 2.75) is 80.6 Å². The number of fused-ring (bicyclic) bond motifs is 1. The first-order valence-electron chi connectivity index (χ1n) is 16.1. The first-order valence-corrected chi connectivity index (χ1v) is 16.1. The molecule has 0 aromatic heterocycles. The van der Waals surface area contributed by atoms with E-state index in [4.69, 9.17) is 5.73 Å². The normalized spacial score (nSPS) is 34.5. The minimum absolute atomic E-state index is 0.0217. The van der Waals surface area contributed by atoms with E-state index in [9.17, 15) is 9.90 Å². The summed E-state index contributed by atoms with van der Waals surface area (Å²) in [5.41, 5.74) is 7.08. The number of primary amides is 1. The molecule has 0 spiro atoms. The van der Waals surface area contributed by atoms with E-state index in [0.717, 1.165) is 55.2 Å². The highest BCUT2D eigenvalue weighted by atomic mass is 16.3. The molecule has 6 aliphatic rings. The Morgan fingerprint density at radius 1 is 0.791 bits per heavy atom. The molecule has 2 amide bonds. The smallest absolute Gasteiger partial charge is 0.241 e. The number of piperidine rings is 1. The van der Waals surface area contributed by atoms with Crippen LogP contribution in [0.25, 0.3) is 0 Å². The van der Waals surface area contributed by atoms with Crippen LogP contribution in [0.5, 0.6) is 0 Å². The number of amides is 2. The molecule has 0 radical (unpaired) electrons. The van der Waals surface area contributed by atoms with Gasteiger partial charge in [-0.3, -0.25) is 14.9 Å². The van der Waals surface area contributed by atoms with Gasteiger partial charge in [-0.15, -0.1) is 0 Å². The maximum absolute atomic E-state index is 15.3. The first-order chi connectivity index (χ1) is 20.8. The predicted octanol–water partition coefficient (Wildman–Crippen LogP) is 4.74. The zero-order chi connectivity index (χ0) is 29.4. The monoisotopic (exact) mass is 575 g/mol. The molecule has 43 heavy (non-hydrogen) atoms. The summed E-state index contributed by atoms with van der Waals surface area (Å²) in [6, 6.07) is 30.1. The number of nitrogens with zero attached hydrogens (tertiary/aromatic N) is 1. The molecule has 6 fully saturated rings. The lowest BCUT2D eigenvalue weighted by molar-refractivity contribution is -0.182. The number of hydrogen-bond acceptors (Lipinski definition) is 4. The van der Waals surface area contributed by atoms with E-state index in [1.807, 2.05) is 23.1 Å². The molecule has 1 aliphatic heterocycles. The van der Waals surface area contributed by atoms with Gasteiger partial charge in [0.2, 0.25) is 11.8 Å². The zero-order valence-corrected chi connectivity index (χ0v) is 24.6. The molecule has 3 aromatic rings. The summed E-state index contributed by atoms with van der Waals surface area (Å²) in [7, 11) is 0. The fourth-order valence-corrected chi connectivity index (χ4v) is 10.3. The van der Waals surface area contributed by atoms with Crippen LogP contribution in [-0.2, 0) is 15.1 Å². The van der Waals surface area contributed by atoms with E-state index >= 15 is 4.79 Å². The SMILES string of the molecule is NC(=O)C1C[C@@H]2CC2N1C(=O)[C@@H](NC(c1ccccc1)(c1ccccc1)c1ccccc1)C12CC3CC(CC(O)(C3)C1)C2. The molecule has 4 unspecified atom stereocenters. The van der Waals surface area contributed by atoms with Crippen molar-refractivity contribution in [2.75, 3.05) is 0 Å². The minimum atomic E-state index is -0.846. The number of carbonyl (C=O) groups excluding carboxylic acids is 2. The van der Waals surface area contributed by atoms with Crippen molar-refractivity contribution in [2.24, 2.45) is 28.9 Å². The van der Waals surface area contributed by atoms with Gasteiger partial charge in [-0.1, -0.05) is 91.0 Å². The van der Waals surface area contributed by atoms with Gasteiger partial charge in [0.25, 0.3) is 0 Å². The van der Waals surface area contributed by atoms with Crippen LogP contribution in [0, 0.1) is 23.2 Å². The number of rotatable bonds is 8. The van der Waals surface area contributed by atoms with Gasteiger partial charge in [-0.25, -0.2) is 0 Å². The van der Waals surface area contributed by atoms with Crippen molar-refractivity contribution in [1.82, 2.24) is 10.2 Å². The van der Waals surface area contributed by atoms with Crippen molar-refractivity contribution in [3.63, 3.8) is 0 Å². The Bertz CT molecular complexity index is 1420. The molecule has 4 bridgehead atoms. The van der Waals surface area contributed by atoms with Crippen LogP contribution in [-0.4, -0.2) is 45.5 Å². The number of hydrogen-bond donors (Lipinski definition) is 3. The predicted molar refractivity (Wildman–Crippen MR) is 165 cm³/mol. The van der Waals surface area contributed by atoms with Gasteiger partial charge >= 0.3 is 0 Å². The lowest BCUT2D eigenvalue weighted by Gasteiger charge is -2.63. The van der Waals surface area contributed by atoms with E-state index in [2.05, 4.69) is 78.1 Å². The largest absolute Gasteiger partial charge is 0.390 e. The third-order valence-corrected chi connectivity index (χ3v) is 11.6. The lowest BCUT2D eigenvalue weighted by atomic mass is 9.46. The van der Waals surface area contributed by atoms with Crippen molar-refractivity contribution in [3.8, 4) is 0 Å². The van der Waals surface area contributed by atoms with Gasteiger partial charge in [0, 0.05) is 6.04 Å². The van der Waals surface area contributed by atoms with Crippen molar-refractivity contribution in [3.05, 3.63) is 108 Å². The Morgan fingerprint density at radius 3 is 1.77 bits per heavy atom.